The van der Waals surface area contributed by atoms with Gasteiger partial charge in [0.1, 0.15) is 4.32 Å². The predicted octanol–water partition coefficient (Wildman–Crippen LogP) is 4.14. The maximum absolute atomic E-state index is 11.7. The van der Waals surface area contributed by atoms with E-state index in [-0.39, 0.29) is 5.91 Å². The van der Waals surface area contributed by atoms with Crippen molar-refractivity contribution in [2.75, 3.05) is 13.7 Å². The summed E-state index contributed by atoms with van der Waals surface area (Å²) in [6.07, 6.45) is 6.45. The van der Waals surface area contributed by atoms with E-state index in [0.717, 1.165) is 17.7 Å². The summed E-state index contributed by atoms with van der Waals surface area (Å²) in [6.45, 7) is 2.87. The number of methoxy groups -OCH3 is 1. The van der Waals surface area contributed by atoms with Crippen molar-refractivity contribution in [3.63, 3.8) is 0 Å². The van der Waals surface area contributed by atoms with Crippen molar-refractivity contribution in [3.8, 4) is 11.5 Å². The van der Waals surface area contributed by atoms with Crippen LogP contribution in [-0.2, 0) is 4.79 Å². The molecule has 0 atom stereocenters. The highest BCUT2D eigenvalue weighted by atomic mass is 32.2. The van der Waals surface area contributed by atoms with Gasteiger partial charge in [0, 0.05) is 0 Å². The van der Waals surface area contributed by atoms with Gasteiger partial charge in [0.05, 0.1) is 18.6 Å². The highest BCUT2D eigenvalue weighted by Crippen LogP contribution is 2.31. The lowest BCUT2D eigenvalue weighted by molar-refractivity contribution is -0.115. The van der Waals surface area contributed by atoms with E-state index in [1.807, 2.05) is 18.2 Å². The summed E-state index contributed by atoms with van der Waals surface area (Å²) >= 11 is 6.25. The number of nitrogens with one attached hydrogen (secondary N) is 1. The number of hydrogen-bond acceptors (Lipinski definition) is 5. The molecule has 1 fully saturated rings. The first-order valence-corrected chi connectivity index (χ1v) is 8.92. The Hall–Kier alpha value is -1.53. The maximum atomic E-state index is 11.7. The van der Waals surface area contributed by atoms with E-state index >= 15 is 0 Å². The summed E-state index contributed by atoms with van der Waals surface area (Å²) in [5.41, 5.74) is 0.877. The van der Waals surface area contributed by atoms with Gasteiger partial charge in [-0.25, -0.2) is 0 Å². The highest BCUT2D eigenvalue weighted by molar-refractivity contribution is 8.26. The number of amides is 1. The molecule has 0 bridgehead atoms. The standard InChI is InChI=1S/C17H21NO3S2/c1-3-4-5-6-9-21-13-8-7-12(10-14(13)20-2)11-15-16(19)18-17(22)23-15/h7-8,10-11H,3-6,9H2,1-2H3,(H,18,19,22)/b15-11+. The Bertz CT molecular complexity index is 614. The molecule has 1 aliphatic rings. The minimum absolute atomic E-state index is 0.157. The molecule has 0 saturated carbocycles. The molecule has 1 aliphatic heterocycles. The molecule has 0 aliphatic carbocycles. The number of carbonyl (C=O) groups is 1. The molecule has 1 aromatic carbocycles. The first-order valence-electron chi connectivity index (χ1n) is 7.69. The van der Waals surface area contributed by atoms with Crippen LogP contribution in [0.25, 0.3) is 6.08 Å². The third-order valence-electron chi connectivity index (χ3n) is 3.38. The fourth-order valence-electron chi connectivity index (χ4n) is 2.18. The van der Waals surface area contributed by atoms with E-state index in [0.29, 0.717) is 21.6 Å². The summed E-state index contributed by atoms with van der Waals surface area (Å²) in [6, 6.07) is 5.65. The average molecular weight is 351 g/mol. The Labute approximate surface area is 146 Å². The van der Waals surface area contributed by atoms with Crippen molar-refractivity contribution < 1.29 is 14.3 Å². The Balaban J connectivity index is 2.03. The van der Waals surface area contributed by atoms with E-state index in [9.17, 15) is 4.79 Å². The molecule has 0 unspecified atom stereocenters. The summed E-state index contributed by atoms with van der Waals surface area (Å²) in [4.78, 5) is 12.3. The molecule has 0 radical (unpaired) electrons. The van der Waals surface area contributed by atoms with Gasteiger partial charge >= 0.3 is 0 Å². The lowest BCUT2D eigenvalue weighted by Gasteiger charge is -2.11. The molecular formula is C17H21NO3S2. The second-order valence-electron chi connectivity index (χ2n) is 5.17. The van der Waals surface area contributed by atoms with Crippen molar-refractivity contribution in [1.29, 1.82) is 0 Å². The molecule has 6 heteroatoms. The first kappa shape index (κ1) is 17.8. The van der Waals surface area contributed by atoms with Crippen molar-refractivity contribution >= 4 is 40.3 Å². The van der Waals surface area contributed by atoms with Gasteiger partial charge in [-0.2, -0.15) is 0 Å². The predicted molar refractivity (Wildman–Crippen MR) is 98.9 cm³/mol. The van der Waals surface area contributed by atoms with Crippen LogP contribution in [-0.4, -0.2) is 23.9 Å². The summed E-state index contributed by atoms with van der Waals surface area (Å²) in [5, 5.41) is 2.60. The molecular weight excluding hydrogens is 330 g/mol. The van der Waals surface area contributed by atoms with E-state index < -0.39 is 0 Å². The minimum Gasteiger partial charge on any atom is -0.493 e. The Morgan fingerprint density at radius 3 is 2.74 bits per heavy atom. The number of unbranched alkanes of at least 4 members (excludes halogenated alkanes) is 3. The number of thioether (sulfide) groups is 1. The quantitative estimate of drug-likeness (QED) is 0.433. The van der Waals surface area contributed by atoms with E-state index in [1.165, 1.54) is 31.0 Å². The van der Waals surface area contributed by atoms with Gasteiger partial charge in [0.15, 0.2) is 11.5 Å². The lowest BCUT2D eigenvalue weighted by atomic mass is 10.2. The molecule has 124 valence electrons. The molecule has 1 amide bonds. The van der Waals surface area contributed by atoms with Crippen LogP contribution in [0.1, 0.15) is 38.2 Å². The zero-order valence-electron chi connectivity index (χ0n) is 13.4. The van der Waals surface area contributed by atoms with Crippen LogP contribution in [0.3, 0.4) is 0 Å². The van der Waals surface area contributed by atoms with Gasteiger partial charge in [0.2, 0.25) is 0 Å². The number of ether oxygens (including phenoxy) is 2. The van der Waals surface area contributed by atoms with Gasteiger partial charge in [-0.3, -0.25) is 4.79 Å². The smallest absolute Gasteiger partial charge is 0.263 e. The van der Waals surface area contributed by atoms with E-state index in [2.05, 4.69) is 12.2 Å². The van der Waals surface area contributed by atoms with Gasteiger partial charge in [0.25, 0.3) is 5.91 Å². The second kappa shape index (κ2) is 8.93. The van der Waals surface area contributed by atoms with Crippen LogP contribution in [0.5, 0.6) is 11.5 Å². The van der Waals surface area contributed by atoms with Crippen molar-refractivity contribution in [2.24, 2.45) is 0 Å². The molecule has 4 nitrogen and oxygen atoms in total. The molecule has 1 heterocycles. The summed E-state index contributed by atoms with van der Waals surface area (Å²) in [5.74, 6) is 1.24. The van der Waals surface area contributed by atoms with Gasteiger partial charge in [-0.05, 0) is 30.2 Å². The lowest BCUT2D eigenvalue weighted by Crippen LogP contribution is -2.17. The third-order valence-corrected chi connectivity index (χ3v) is 4.55. The SMILES string of the molecule is CCCCCCOc1ccc(/C=C2/SC(=S)NC2=O)cc1OC. The molecule has 0 aromatic heterocycles. The Morgan fingerprint density at radius 2 is 2.09 bits per heavy atom. The van der Waals surface area contributed by atoms with E-state index in [1.54, 1.807) is 13.2 Å². The molecule has 1 aromatic rings. The van der Waals surface area contributed by atoms with Gasteiger partial charge in [-0.15, -0.1) is 0 Å². The van der Waals surface area contributed by atoms with E-state index in [4.69, 9.17) is 21.7 Å². The fourth-order valence-corrected chi connectivity index (χ4v) is 3.22. The molecule has 2 rings (SSSR count). The molecule has 23 heavy (non-hydrogen) atoms. The zero-order valence-corrected chi connectivity index (χ0v) is 15.0. The third kappa shape index (κ3) is 5.25. The maximum Gasteiger partial charge on any atom is 0.263 e. The zero-order chi connectivity index (χ0) is 16.7. The number of hydrogen-bond donors (Lipinski definition) is 1. The largest absolute Gasteiger partial charge is 0.493 e. The highest BCUT2D eigenvalue weighted by Gasteiger charge is 2.22. The van der Waals surface area contributed by atoms with Gasteiger partial charge in [-0.1, -0.05) is 56.2 Å². The van der Waals surface area contributed by atoms with Crippen LogP contribution < -0.4 is 14.8 Å². The van der Waals surface area contributed by atoms with Gasteiger partial charge < -0.3 is 14.8 Å². The number of carbonyl (C=O) groups excluding carboxylic acids is 1. The average Bonchev–Trinajstić information content (AvgIpc) is 2.85. The molecule has 0 spiro atoms. The van der Waals surface area contributed by atoms with Crippen LogP contribution in [0.2, 0.25) is 0 Å². The van der Waals surface area contributed by atoms with Crippen LogP contribution in [0.4, 0.5) is 0 Å². The van der Waals surface area contributed by atoms with Crippen LogP contribution in [0.15, 0.2) is 23.1 Å². The molecule has 1 N–H and O–H groups in total. The number of rotatable bonds is 8. The topological polar surface area (TPSA) is 47.6 Å². The Kier molecular flexibility index (Phi) is 6.92. The minimum atomic E-state index is -0.157. The first-order chi connectivity index (χ1) is 11.1. The Morgan fingerprint density at radius 1 is 1.26 bits per heavy atom. The van der Waals surface area contributed by atoms with Crippen molar-refractivity contribution in [2.45, 2.75) is 32.6 Å². The summed E-state index contributed by atoms with van der Waals surface area (Å²) < 4.78 is 11.7. The molecule has 1 saturated heterocycles. The fraction of sp³-hybridized carbons (Fsp3) is 0.412. The monoisotopic (exact) mass is 351 g/mol. The van der Waals surface area contributed by atoms with Crippen LogP contribution in [0, 0.1) is 0 Å². The second-order valence-corrected chi connectivity index (χ2v) is 6.89. The van der Waals surface area contributed by atoms with Crippen molar-refractivity contribution in [1.82, 2.24) is 5.32 Å². The normalized spacial score (nSPS) is 15.8. The number of benzene rings is 1. The number of thiocarbonyl (C=S) groups is 1. The van der Waals surface area contributed by atoms with Crippen molar-refractivity contribution in [3.05, 3.63) is 28.7 Å². The summed E-state index contributed by atoms with van der Waals surface area (Å²) in [7, 11) is 1.61. The van der Waals surface area contributed by atoms with Crippen LogP contribution >= 0.6 is 24.0 Å².